The third-order valence-electron chi connectivity index (χ3n) is 12.0. The van der Waals surface area contributed by atoms with Gasteiger partial charge < -0.3 is 24.8 Å². The van der Waals surface area contributed by atoms with Gasteiger partial charge in [-0.15, -0.1) is 0 Å². The highest BCUT2D eigenvalue weighted by atomic mass is 16.5. The molecular weight excluding hydrogens is 604 g/mol. The van der Waals surface area contributed by atoms with E-state index < -0.39 is 17.4 Å². The van der Waals surface area contributed by atoms with Crippen LogP contribution in [-0.2, 0) is 37.3 Å². The monoisotopic (exact) mass is 658 g/mol. The van der Waals surface area contributed by atoms with Crippen LogP contribution in [0.4, 0.5) is 11.5 Å². The second kappa shape index (κ2) is 12.7. The van der Waals surface area contributed by atoms with E-state index in [0.29, 0.717) is 13.2 Å². The van der Waals surface area contributed by atoms with E-state index >= 15 is 0 Å². The van der Waals surface area contributed by atoms with Crippen molar-refractivity contribution in [1.29, 1.82) is 0 Å². The van der Waals surface area contributed by atoms with Gasteiger partial charge in [0.15, 0.2) is 0 Å². The average Bonchev–Trinajstić information content (AvgIpc) is 3.72. The van der Waals surface area contributed by atoms with Crippen LogP contribution in [0.25, 0.3) is 0 Å². The summed E-state index contributed by atoms with van der Waals surface area (Å²) in [7, 11) is 1.96. The Morgan fingerprint density at radius 1 is 1.17 bits per heavy atom. The minimum Gasteiger partial charge on any atom is -0.480 e. The van der Waals surface area contributed by atoms with Crippen LogP contribution >= 0.6 is 0 Å². The molecule has 5 aliphatic rings. The molecule has 1 amide bonds. The highest BCUT2D eigenvalue weighted by Gasteiger charge is 2.62. The van der Waals surface area contributed by atoms with Crippen LogP contribution in [0.15, 0.2) is 30.3 Å². The number of hydrogen-bond donors (Lipinski definition) is 2. The van der Waals surface area contributed by atoms with E-state index in [-0.39, 0.29) is 35.1 Å². The lowest BCUT2D eigenvalue weighted by molar-refractivity contribution is -0.144. The highest BCUT2D eigenvalue weighted by Crippen LogP contribution is 2.60. The summed E-state index contributed by atoms with van der Waals surface area (Å²) in [4.78, 5) is 36.2. The van der Waals surface area contributed by atoms with Crippen LogP contribution in [0.5, 0.6) is 0 Å². The Bertz CT molecular complexity index is 1550. The molecule has 7 rings (SSSR count). The summed E-state index contributed by atoms with van der Waals surface area (Å²) in [6.45, 7) is 11.0. The molecule has 1 spiro atoms. The van der Waals surface area contributed by atoms with E-state index in [2.05, 4.69) is 50.0 Å². The number of carbonyl (C=O) groups excluding carboxylic acids is 1. The molecule has 48 heavy (non-hydrogen) atoms. The quantitative estimate of drug-likeness (QED) is 0.266. The van der Waals surface area contributed by atoms with E-state index in [1.165, 1.54) is 12.0 Å². The summed E-state index contributed by atoms with van der Waals surface area (Å²) in [6, 6.07) is 9.59. The number of nitrogens with zero attached hydrogens (tertiary/aromatic N) is 3. The van der Waals surface area contributed by atoms with Crippen molar-refractivity contribution in [3.05, 3.63) is 52.7 Å². The zero-order chi connectivity index (χ0) is 33.8. The minimum absolute atomic E-state index is 0.0498. The predicted octanol–water partition coefficient (Wildman–Crippen LogP) is 6.43. The summed E-state index contributed by atoms with van der Waals surface area (Å²) in [6.07, 6.45) is 9.99. The van der Waals surface area contributed by atoms with Crippen LogP contribution in [0, 0.1) is 5.41 Å². The number of unbranched alkanes of at least 4 members (excludes halogenated alkanes) is 1. The van der Waals surface area contributed by atoms with E-state index in [1.54, 1.807) is 0 Å². The number of carboxylic acids is 1. The van der Waals surface area contributed by atoms with Gasteiger partial charge in [0, 0.05) is 43.2 Å². The number of amides is 1. The summed E-state index contributed by atoms with van der Waals surface area (Å²) < 4.78 is 12.5. The van der Waals surface area contributed by atoms with Gasteiger partial charge in [-0.3, -0.25) is 14.5 Å². The van der Waals surface area contributed by atoms with Gasteiger partial charge >= 0.3 is 5.97 Å². The van der Waals surface area contributed by atoms with Gasteiger partial charge in [-0.05, 0) is 126 Å². The van der Waals surface area contributed by atoms with E-state index in [0.717, 1.165) is 99.1 Å². The Morgan fingerprint density at radius 2 is 1.98 bits per heavy atom. The van der Waals surface area contributed by atoms with Crippen molar-refractivity contribution < 1.29 is 24.2 Å². The largest absolute Gasteiger partial charge is 0.480 e. The van der Waals surface area contributed by atoms with Crippen LogP contribution in [0.3, 0.4) is 0 Å². The van der Waals surface area contributed by atoms with E-state index in [1.807, 2.05) is 30.1 Å². The smallest absolute Gasteiger partial charge is 0.325 e. The zero-order valence-electron chi connectivity index (χ0n) is 29.5. The fourth-order valence-electron chi connectivity index (χ4n) is 9.20. The van der Waals surface area contributed by atoms with Crippen molar-refractivity contribution in [2.45, 2.75) is 134 Å². The van der Waals surface area contributed by atoms with Crippen LogP contribution in [-0.4, -0.2) is 77.5 Å². The van der Waals surface area contributed by atoms with Gasteiger partial charge in [-0.25, -0.2) is 4.98 Å². The molecule has 3 fully saturated rings. The Labute approximate surface area is 285 Å². The first kappa shape index (κ1) is 33.5. The number of benzene rings is 1. The van der Waals surface area contributed by atoms with Gasteiger partial charge in [0.2, 0.25) is 5.91 Å². The summed E-state index contributed by atoms with van der Waals surface area (Å²) >= 11 is 0. The van der Waals surface area contributed by atoms with Gasteiger partial charge in [0.05, 0.1) is 17.1 Å². The average molecular weight is 659 g/mol. The van der Waals surface area contributed by atoms with E-state index in [9.17, 15) is 14.7 Å². The number of pyridine rings is 1. The Kier molecular flexibility index (Phi) is 8.86. The number of aryl methyl sites for hydroxylation is 2. The fourth-order valence-corrected chi connectivity index (χ4v) is 9.20. The molecule has 9 nitrogen and oxygen atoms in total. The lowest BCUT2D eigenvalue weighted by Gasteiger charge is -2.40. The summed E-state index contributed by atoms with van der Waals surface area (Å²) in [5, 5.41) is 14.2. The van der Waals surface area contributed by atoms with Gasteiger partial charge in [-0.1, -0.05) is 32.0 Å². The molecule has 1 aromatic heterocycles. The maximum Gasteiger partial charge on any atom is 0.325 e. The topological polar surface area (TPSA) is 104 Å². The molecule has 2 aliphatic carbocycles. The summed E-state index contributed by atoms with van der Waals surface area (Å²) in [5.74, 6) is 0.333. The number of aromatic nitrogens is 1. The highest BCUT2D eigenvalue weighted by molar-refractivity contribution is 6.11. The molecule has 0 unspecified atom stereocenters. The second-order valence-electron chi connectivity index (χ2n) is 16.4. The van der Waals surface area contributed by atoms with Crippen LogP contribution < -0.4 is 10.2 Å². The molecule has 2 aromatic rings. The Hall–Kier alpha value is -3.01. The maximum atomic E-state index is 14.1. The van der Waals surface area contributed by atoms with E-state index in [4.69, 9.17) is 14.5 Å². The Balaban J connectivity index is 1.03. The van der Waals surface area contributed by atoms with Gasteiger partial charge in [-0.2, -0.15) is 0 Å². The first-order chi connectivity index (χ1) is 22.9. The molecule has 2 saturated carbocycles. The molecule has 4 atom stereocenters. The number of likely N-dealkylation sites (N-methyl/N-ethyl adjacent to an activating group) is 1. The van der Waals surface area contributed by atoms with Crippen molar-refractivity contribution in [3.8, 4) is 0 Å². The first-order valence-electron chi connectivity index (χ1n) is 18.3. The number of aliphatic carboxylic acids is 1. The predicted molar refractivity (Wildman–Crippen MR) is 187 cm³/mol. The van der Waals surface area contributed by atoms with Crippen LogP contribution in [0.2, 0.25) is 0 Å². The number of rotatable bonds is 11. The van der Waals surface area contributed by atoms with Gasteiger partial charge in [0.1, 0.15) is 11.9 Å². The maximum absolute atomic E-state index is 14.1. The number of hydrogen-bond acceptors (Lipinski definition) is 7. The molecule has 1 saturated heterocycles. The number of anilines is 2. The fraction of sp³-hybridized carbons (Fsp3) is 0.667. The third-order valence-corrected chi connectivity index (χ3v) is 12.0. The molecule has 2 N–H and O–H groups in total. The Morgan fingerprint density at radius 3 is 2.73 bits per heavy atom. The summed E-state index contributed by atoms with van der Waals surface area (Å²) in [5.41, 5.74) is 4.12. The number of nitrogens with one attached hydrogen (secondary N) is 1. The van der Waals surface area contributed by atoms with Crippen molar-refractivity contribution >= 4 is 23.4 Å². The molecule has 260 valence electrons. The van der Waals surface area contributed by atoms with Gasteiger partial charge in [0.25, 0.3) is 0 Å². The van der Waals surface area contributed by atoms with Crippen molar-refractivity contribution in [1.82, 2.24) is 9.88 Å². The number of ether oxygens (including phenoxy) is 2. The first-order valence-corrected chi connectivity index (χ1v) is 18.3. The normalized spacial score (nSPS) is 27.1. The lowest BCUT2D eigenvalue weighted by atomic mass is 9.87. The van der Waals surface area contributed by atoms with Crippen molar-refractivity contribution in [3.63, 3.8) is 0 Å². The lowest BCUT2D eigenvalue weighted by Crippen LogP contribution is -2.48. The third kappa shape index (κ3) is 6.15. The number of carbonyl (C=O) groups is 2. The van der Waals surface area contributed by atoms with Crippen molar-refractivity contribution in [2.24, 2.45) is 5.41 Å². The second-order valence-corrected chi connectivity index (χ2v) is 16.4. The molecule has 9 heteroatoms. The minimum atomic E-state index is -0.868. The molecule has 1 aromatic carbocycles. The SMILES string of the molecule is CN([C@@H]1C[C@@H](OCCCCc2ccc3c(n2)NCCC3)C(C)(C)C1)[C@H](C(=O)O)c1cccc2c1C1(CC1)C(=O)N2[C@@H]1CCOC(C)(C)C1. The zero-order valence-corrected chi connectivity index (χ0v) is 29.5. The van der Waals surface area contributed by atoms with Crippen LogP contribution in [0.1, 0.15) is 114 Å². The number of carboxylic acid groups (broad SMARTS) is 1. The number of fused-ring (bicyclic) bond motifs is 3. The molecule has 0 bridgehead atoms. The molecule has 3 aliphatic heterocycles. The molecule has 4 heterocycles. The van der Waals surface area contributed by atoms with Crippen molar-refractivity contribution in [2.75, 3.05) is 37.0 Å². The molecule has 0 radical (unpaired) electrons. The molecular formula is C39H54N4O5. The standard InChI is InChI=1S/C39H54N4O5/c1-37(2)23-28(22-31(37)47-20-7-6-11-26-15-14-25-10-9-19-40-34(25)41-26)42(5)33(35(44)45)29-12-8-13-30-32(29)39(17-18-39)36(46)43(30)27-16-21-48-38(3,4)24-27/h8,12-15,27-28,31,33H,6-7,9-11,16-24H2,1-5H3,(H,40,41)(H,44,45)/t27-,28-,31-,33+/m1/s1.